The van der Waals surface area contributed by atoms with Gasteiger partial charge in [-0.25, -0.2) is 0 Å². The Morgan fingerprint density at radius 2 is 1.91 bits per heavy atom. The highest BCUT2D eigenvalue weighted by Crippen LogP contribution is 2.30. The second-order valence-corrected chi connectivity index (χ2v) is 5.33. The quantitative estimate of drug-likeness (QED) is 0.771. The Morgan fingerprint density at radius 3 is 2.50 bits per heavy atom. The number of amides is 1. The van der Waals surface area contributed by atoms with E-state index in [1.165, 1.54) is 7.11 Å². The molecule has 2 rings (SSSR count). The average molecular weight is 307 g/mol. The van der Waals surface area contributed by atoms with Crippen LogP contribution in [0.25, 0.3) is 0 Å². The fourth-order valence-electron chi connectivity index (χ4n) is 2.72. The van der Waals surface area contributed by atoms with Crippen LogP contribution in [0.3, 0.4) is 0 Å². The van der Waals surface area contributed by atoms with E-state index in [1.54, 1.807) is 32.1 Å². The number of rotatable bonds is 5. The maximum Gasteiger partial charge on any atom is 0.311 e. The van der Waals surface area contributed by atoms with Crippen LogP contribution in [-0.2, 0) is 20.9 Å². The van der Waals surface area contributed by atoms with Crippen molar-refractivity contribution < 1.29 is 23.8 Å². The van der Waals surface area contributed by atoms with Crippen LogP contribution < -0.4 is 9.47 Å². The molecule has 1 aliphatic rings. The van der Waals surface area contributed by atoms with Gasteiger partial charge < -0.3 is 19.1 Å². The molecule has 0 radical (unpaired) electrons. The maximum absolute atomic E-state index is 12.3. The summed E-state index contributed by atoms with van der Waals surface area (Å²) in [6.45, 7) is 2.57. The summed E-state index contributed by atoms with van der Waals surface area (Å²) in [5.41, 5.74) is 0.920. The number of nitrogens with zero attached hydrogens (tertiary/aromatic N) is 1. The minimum Gasteiger partial charge on any atom is -0.493 e. The number of methoxy groups -OCH3 is 3. The summed E-state index contributed by atoms with van der Waals surface area (Å²) in [7, 11) is 4.48. The van der Waals surface area contributed by atoms with Crippen molar-refractivity contribution in [3.8, 4) is 11.5 Å². The monoisotopic (exact) mass is 307 g/mol. The van der Waals surface area contributed by atoms with Crippen molar-refractivity contribution in [2.75, 3.05) is 27.9 Å². The zero-order chi connectivity index (χ0) is 16.3. The van der Waals surface area contributed by atoms with Crippen molar-refractivity contribution in [3.63, 3.8) is 0 Å². The fraction of sp³-hybridized carbons (Fsp3) is 0.500. The van der Waals surface area contributed by atoms with E-state index < -0.39 is 5.92 Å². The molecular weight excluding hydrogens is 286 g/mol. The molecule has 0 N–H and O–H groups in total. The van der Waals surface area contributed by atoms with Gasteiger partial charge in [-0.15, -0.1) is 0 Å². The molecule has 0 aromatic heterocycles. The van der Waals surface area contributed by atoms with Gasteiger partial charge in [-0.2, -0.15) is 0 Å². The molecule has 120 valence electrons. The number of hydrogen-bond donors (Lipinski definition) is 0. The first-order valence-corrected chi connectivity index (χ1v) is 7.09. The van der Waals surface area contributed by atoms with Crippen molar-refractivity contribution in [1.82, 2.24) is 4.90 Å². The standard InChI is InChI=1S/C16H21NO5/c1-10-12(16(19)22-4)9-17(15(10)18)8-11-5-6-13(20-2)14(7-11)21-3/h5-7,10,12H,8-9H2,1-4H3. The highest BCUT2D eigenvalue weighted by Gasteiger charge is 2.41. The molecule has 0 spiro atoms. The third-order valence-corrected chi connectivity index (χ3v) is 4.05. The Bertz CT molecular complexity index is 572. The lowest BCUT2D eigenvalue weighted by Gasteiger charge is -2.17. The van der Waals surface area contributed by atoms with Crippen LogP contribution in [-0.4, -0.2) is 44.7 Å². The van der Waals surface area contributed by atoms with Crippen LogP contribution in [0.1, 0.15) is 12.5 Å². The first kappa shape index (κ1) is 16.1. The molecule has 1 amide bonds. The number of carbonyl (C=O) groups excluding carboxylic acids is 2. The minimum absolute atomic E-state index is 0.0369. The topological polar surface area (TPSA) is 65.1 Å². The Hall–Kier alpha value is -2.24. The summed E-state index contributed by atoms with van der Waals surface area (Å²) in [6, 6.07) is 5.52. The zero-order valence-corrected chi connectivity index (χ0v) is 13.3. The van der Waals surface area contributed by atoms with Crippen molar-refractivity contribution in [1.29, 1.82) is 0 Å². The highest BCUT2D eigenvalue weighted by molar-refractivity contribution is 5.88. The summed E-state index contributed by atoms with van der Waals surface area (Å²) in [6.07, 6.45) is 0. The smallest absolute Gasteiger partial charge is 0.311 e. The SMILES string of the molecule is COC(=O)C1CN(Cc2ccc(OC)c(OC)c2)C(=O)C1C. The Morgan fingerprint density at radius 1 is 1.23 bits per heavy atom. The second kappa shape index (κ2) is 6.68. The van der Waals surface area contributed by atoms with Gasteiger partial charge in [0.1, 0.15) is 0 Å². The van der Waals surface area contributed by atoms with Crippen molar-refractivity contribution in [2.24, 2.45) is 11.8 Å². The molecule has 6 nitrogen and oxygen atoms in total. The third kappa shape index (κ3) is 3.00. The molecule has 2 unspecified atom stereocenters. The molecule has 1 aromatic rings. The van der Waals surface area contributed by atoms with Gasteiger partial charge in [-0.1, -0.05) is 13.0 Å². The molecule has 0 bridgehead atoms. The predicted molar refractivity (Wildman–Crippen MR) is 79.6 cm³/mol. The van der Waals surface area contributed by atoms with Gasteiger partial charge in [0, 0.05) is 13.1 Å². The first-order chi connectivity index (χ1) is 10.5. The Balaban J connectivity index is 2.14. The summed E-state index contributed by atoms with van der Waals surface area (Å²) in [5, 5.41) is 0. The van der Waals surface area contributed by atoms with Gasteiger partial charge in [0.25, 0.3) is 0 Å². The molecule has 1 aromatic carbocycles. The van der Waals surface area contributed by atoms with E-state index in [-0.39, 0.29) is 17.8 Å². The Kier molecular flexibility index (Phi) is 4.90. The third-order valence-electron chi connectivity index (χ3n) is 4.05. The van der Waals surface area contributed by atoms with Gasteiger partial charge in [0.05, 0.1) is 33.2 Å². The lowest BCUT2D eigenvalue weighted by molar-refractivity contribution is -0.147. The maximum atomic E-state index is 12.3. The van der Waals surface area contributed by atoms with Crippen LogP contribution in [0.5, 0.6) is 11.5 Å². The lowest BCUT2D eigenvalue weighted by Crippen LogP contribution is -2.26. The fourth-order valence-corrected chi connectivity index (χ4v) is 2.72. The number of benzene rings is 1. The molecule has 0 aliphatic carbocycles. The minimum atomic E-state index is -0.405. The number of likely N-dealkylation sites (tertiary alicyclic amines) is 1. The first-order valence-electron chi connectivity index (χ1n) is 7.09. The molecule has 1 aliphatic heterocycles. The van der Waals surface area contributed by atoms with Gasteiger partial charge in [-0.3, -0.25) is 9.59 Å². The van der Waals surface area contributed by atoms with Crippen LogP contribution >= 0.6 is 0 Å². The van der Waals surface area contributed by atoms with E-state index in [4.69, 9.17) is 14.2 Å². The normalized spacial score (nSPS) is 20.9. The molecular formula is C16H21NO5. The van der Waals surface area contributed by atoms with Crippen LogP contribution in [0.15, 0.2) is 18.2 Å². The summed E-state index contributed by atoms with van der Waals surface area (Å²) in [5.74, 6) is 0.120. The molecule has 1 heterocycles. The molecule has 0 saturated carbocycles. The van der Waals surface area contributed by atoms with Crippen molar-refractivity contribution in [2.45, 2.75) is 13.5 Å². The summed E-state index contributed by atoms with van der Waals surface area (Å²) < 4.78 is 15.2. The predicted octanol–water partition coefficient (Wildman–Crippen LogP) is 1.47. The van der Waals surface area contributed by atoms with E-state index in [0.717, 1.165) is 5.56 Å². The number of hydrogen-bond acceptors (Lipinski definition) is 5. The van der Waals surface area contributed by atoms with Gasteiger partial charge in [0.15, 0.2) is 11.5 Å². The van der Waals surface area contributed by atoms with Crippen LogP contribution in [0.4, 0.5) is 0 Å². The number of ether oxygens (including phenoxy) is 3. The second-order valence-electron chi connectivity index (χ2n) is 5.33. The molecule has 22 heavy (non-hydrogen) atoms. The van der Waals surface area contributed by atoms with Gasteiger partial charge >= 0.3 is 5.97 Å². The molecule has 2 atom stereocenters. The number of carbonyl (C=O) groups is 2. The average Bonchev–Trinajstić information content (AvgIpc) is 2.82. The van der Waals surface area contributed by atoms with Gasteiger partial charge in [0.2, 0.25) is 5.91 Å². The zero-order valence-electron chi connectivity index (χ0n) is 13.3. The molecule has 1 saturated heterocycles. The largest absolute Gasteiger partial charge is 0.493 e. The van der Waals surface area contributed by atoms with Crippen LogP contribution in [0.2, 0.25) is 0 Å². The lowest BCUT2D eigenvalue weighted by atomic mass is 9.98. The molecule has 1 fully saturated rings. The van der Waals surface area contributed by atoms with Gasteiger partial charge in [-0.05, 0) is 17.7 Å². The summed E-state index contributed by atoms with van der Waals surface area (Å²) in [4.78, 5) is 25.7. The highest BCUT2D eigenvalue weighted by atomic mass is 16.5. The van der Waals surface area contributed by atoms with E-state index in [9.17, 15) is 9.59 Å². The van der Waals surface area contributed by atoms with E-state index in [1.807, 2.05) is 12.1 Å². The van der Waals surface area contributed by atoms with Crippen molar-refractivity contribution in [3.05, 3.63) is 23.8 Å². The Labute approximate surface area is 129 Å². The van der Waals surface area contributed by atoms with Crippen LogP contribution in [0, 0.1) is 11.8 Å². The number of esters is 1. The van der Waals surface area contributed by atoms with E-state index in [0.29, 0.717) is 24.6 Å². The molecule has 6 heteroatoms. The van der Waals surface area contributed by atoms with E-state index in [2.05, 4.69) is 0 Å². The van der Waals surface area contributed by atoms with E-state index >= 15 is 0 Å². The van der Waals surface area contributed by atoms with Crippen molar-refractivity contribution >= 4 is 11.9 Å². The summed E-state index contributed by atoms with van der Waals surface area (Å²) >= 11 is 0.